The van der Waals surface area contributed by atoms with Gasteiger partial charge in [0.15, 0.2) is 0 Å². The van der Waals surface area contributed by atoms with Crippen molar-refractivity contribution in [2.75, 3.05) is 0 Å². The Morgan fingerprint density at radius 2 is 1.62 bits per heavy atom. The second-order valence-corrected chi connectivity index (χ2v) is 7.13. The third kappa shape index (κ3) is 3.43. The number of hydrogen-bond acceptors (Lipinski definition) is 5. The summed E-state index contributed by atoms with van der Waals surface area (Å²) in [5.74, 6) is -0.0905. The average molecular weight is 359 g/mol. The topological polar surface area (TPSA) is 70.8 Å². The minimum atomic E-state index is -0.670. The summed E-state index contributed by atoms with van der Waals surface area (Å²) < 4.78 is 30.6. The van der Waals surface area contributed by atoms with Crippen LogP contribution in [0.5, 0.6) is 11.5 Å². The van der Waals surface area contributed by atoms with E-state index in [1.54, 1.807) is 6.07 Å². The minimum Gasteiger partial charge on any atom is -0.450 e. The van der Waals surface area contributed by atoms with Gasteiger partial charge in [0.2, 0.25) is 5.75 Å². The SMILES string of the molecule is CC1(C)OB(c2ccc([N+](=O)[O-])c(Oc3ccc(F)cc3)c2)OC1(C)C. The van der Waals surface area contributed by atoms with Gasteiger partial charge in [-0.2, -0.15) is 0 Å². The lowest BCUT2D eigenvalue weighted by Crippen LogP contribution is -2.41. The Kier molecular flexibility index (Phi) is 4.50. The largest absolute Gasteiger partial charge is 0.494 e. The standard InChI is InChI=1S/C18H19BFNO5/c1-17(2)18(3,4)26-19(25-17)12-5-10-15(21(22)23)16(11-12)24-14-8-6-13(20)7-9-14/h5-11H,1-4H3. The van der Waals surface area contributed by atoms with Crippen LogP contribution in [0.25, 0.3) is 0 Å². The van der Waals surface area contributed by atoms with Gasteiger partial charge in [0.1, 0.15) is 11.6 Å². The fraction of sp³-hybridized carbons (Fsp3) is 0.333. The number of hydrogen-bond donors (Lipinski definition) is 0. The van der Waals surface area contributed by atoms with Crippen LogP contribution in [-0.4, -0.2) is 23.2 Å². The monoisotopic (exact) mass is 359 g/mol. The molecule has 6 nitrogen and oxygen atoms in total. The van der Waals surface area contributed by atoms with Crippen molar-refractivity contribution in [2.45, 2.75) is 38.9 Å². The zero-order valence-electron chi connectivity index (χ0n) is 15.0. The van der Waals surface area contributed by atoms with Crippen LogP contribution >= 0.6 is 0 Å². The Hall–Kier alpha value is -2.45. The Labute approximate surface area is 151 Å². The fourth-order valence-corrected chi connectivity index (χ4v) is 2.52. The van der Waals surface area contributed by atoms with Crippen molar-refractivity contribution in [1.82, 2.24) is 0 Å². The Morgan fingerprint density at radius 3 is 2.15 bits per heavy atom. The highest BCUT2D eigenvalue weighted by atomic mass is 19.1. The van der Waals surface area contributed by atoms with Crippen LogP contribution in [0.3, 0.4) is 0 Å². The first-order valence-corrected chi connectivity index (χ1v) is 8.16. The highest BCUT2D eigenvalue weighted by molar-refractivity contribution is 6.62. The smallest absolute Gasteiger partial charge is 0.450 e. The summed E-state index contributed by atoms with van der Waals surface area (Å²) in [6.07, 6.45) is 0. The molecule has 0 unspecified atom stereocenters. The van der Waals surface area contributed by atoms with E-state index in [0.717, 1.165) is 0 Å². The van der Waals surface area contributed by atoms with Crippen LogP contribution in [0.15, 0.2) is 42.5 Å². The first kappa shape index (κ1) is 18.3. The molecule has 0 bridgehead atoms. The Balaban J connectivity index is 1.94. The molecule has 2 aromatic rings. The molecule has 1 saturated heterocycles. The summed E-state index contributed by atoms with van der Waals surface area (Å²) in [5, 5.41) is 11.3. The maximum Gasteiger partial charge on any atom is 0.494 e. The van der Waals surface area contributed by atoms with Gasteiger partial charge >= 0.3 is 12.8 Å². The lowest BCUT2D eigenvalue weighted by Gasteiger charge is -2.32. The van der Waals surface area contributed by atoms with Crippen molar-refractivity contribution in [1.29, 1.82) is 0 Å². The lowest BCUT2D eigenvalue weighted by molar-refractivity contribution is -0.385. The molecule has 0 atom stereocenters. The van der Waals surface area contributed by atoms with Gasteiger partial charge in [0.05, 0.1) is 16.1 Å². The summed E-state index contributed by atoms with van der Waals surface area (Å²) in [4.78, 5) is 10.8. The second kappa shape index (κ2) is 6.37. The van der Waals surface area contributed by atoms with E-state index in [0.29, 0.717) is 11.2 Å². The molecule has 1 aliphatic rings. The number of nitrogens with zero attached hydrogens (tertiary/aromatic N) is 1. The van der Waals surface area contributed by atoms with Gasteiger partial charge in [-0.15, -0.1) is 0 Å². The van der Waals surface area contributed by atoms with Gasteiger partial charge < -0.3 is 14.0 Å². The van der Waals surface area contributed by atoms with E-state index in [-0.39, 0.29) is 11.4 Å². The summed E-state index contributed by atoms with van der Waals surface area (Å²) in [5.41, 5.74) is -0.657. The number of benzene rings is 2. The van der Waals surface area contributed by atoms with E-state index in [1.165, 1.54) is 36.4 Å². The number of halogens is 1. The van der Waals surface area contributed by atoms with E-state index >= 15 is 0 Å². The van der Waals surface area contributed by atoms with Crippen LogP contribution in [0.4, 0.5) is 10.1 Å². The van der Waals surface area contributed by atoms with Crippen molar-refractivity contribution in [3.8, 4) is 11.5 Å². The normalized spacial score (nSPS) is 18.0. The minimum absolute atomic E-state index is 0.0359. The molecule has 0 amide bonds. The molecule has 0 aromatic heterocycles. The van der Waals surface area contributed by atoms with Crippen LogP contribution in [0, 0.1) is 15.9 Å². The molecule has 0 spiro atoms. The molecule has 0 radical (unpaired) electrons. The summed E-state index contributed by atoms with van der Waals surface area (Å²) in [7, 11) is -0.670. The van der Waals surface area contributed by atoms with Crippen LogP contribution in [0.2, 0.25) is 0 Å². The summed E-state index contributed by atoms with van der Waals surface area (Å²) >= 11 is 0. The van der Waals surface area contributed by atoms with Gasteiger partial charge in [0, 0.05) is 6.07 Å². The molecule has 2 aromatic carbocycles. The van der Waals surface area contributed by atoms with Crippen molar-refractivity contribution in [2.24, 2.45) is 0 Å². The van der Waals surface area contributed by atoms with Gasteiger partial charge in [-0.25, -0.2) is 4.39 Å². The van der Waals surface area contributed by atoms with E-state index in [1.807, 2.05) is 27.7 Å². The quantitative estimate of drug-likeness (QED) is 0.471. The first-order chi connectivity index (χ1) is 12.1. The predicted molar refractivity (Wildman–Crippen MR) is 95.3 cm³/mol. The third-order valence-corrected chi connectivity index (χ3v) is 4.75. The highest BCUT2D eigenvalue weighted by Crippen LogP contribution is 2.37. The molecule has 1 aliphatic heterocycles. The maximum atomic E-state index is 13.1. The molecular weight excluding hydrogens is 340 g/mol. The van der Waals surface area contributed by atoms with E-state index in [4.69, 9.17) is 14.0 Å². The maximum absolute atomic E-state index is 13.1. The van der Waals surface area contributed by atoms with E-state index < -0.39 is 29.1 Å². The molecule has 3 rings (SSSR count). The molecule has 1 fully saturated rings. The second-order valence-electron chi connectivity index (χ2n) is 7.13. The molecule has 0 aliphatic carbocycles. The lowest BCUT2D eigenvalue weighted by atomic mass is 9.79. The van der Waals surface area contributed by atoms with Gasteiger partial charge in [-0.1, -0.05) is 6.07 Å². The van der Waals surface area contributed by atoms with Crippen molar-refractivity contribution in [3.05, 3.63) is 58.4 Å². The zero-order valence-corrected chi connectivity index (χ0v) is 15.0. The molecule has 136 valence electrons. The first-order valence-electron chi connectivity index (χ1n) is 8.16. The fourth-order valence-electron chi connectivity index (χ4n) is 2.52. The molecule has 1 heterocycles. The summed E-state index contributed by atoms with van der Waals surface area (Å²) in [6, 6.07) is 9.69. The summed E-state index contributed by atoms with van der Waals surface area (Å²) in [6.45, 7) is 7.70. The zero-order chi connectivity index (χ0) is 19.1. The van der Waals surface area contributed by atoms with Gasteiger partial charge in [-0.3, -0.25) is 10.1 Å². The van der Waals surface area contributed by atoms with Crippen molar-refractivity contribution < 1.29 is 23.4 Å². The molecule has 26 heavy (non-hydrogen) atoms. The highest BCUT2D eigenvalue weighted by Gasteiger charge is 2.51. The predicted octanol–water partition coefficient (Wildman–Crippen LogP) is 3.83. The van der Waals surface area contributed by atoms with Crippen molar-refractivity contribution >= 4 is 18.3 Å². The van der Waals surface area contributed by atoms with E-state index in [9.17, 15) is 14.5 Å². The van der Waals surface area contributed by atoms with Crippen LogP contribution in [-0.2, 0) is 9.31 Å². The molecule has 0 saturated carbocycles. The van der Waals surface area contributed by atoms with Gasteiger partial charge in [0.25, 0.3) is 0 Å². The van der Waals surface area contributed by atoms with Gasteiger partial charge in [-0.05, 0) is 63.5 Å². The average Bonchev–Trinajstić information content (AvgIpc) is 2.77. The number of rotatable bonds is 4. The van der Waals surface area contributed by atoms with Crippen LogP contribution in [0.1, 0.15) is 27.7 Å². The molecular formula is C18H19BFNO5. The molecule has 8 heteroatoms. The number of nitro benzene ring substituents is 1. The Bertz CT molecular complexity index is 822. The Morgan fingerprint density at radius 1 is 1.04 bits per heavy atom. The van der Waals surface area contributed by atoms with E-state index in [2.05, 4.69) is 0 Å². The molecule has 0 N–H and O–H groups in total. The third-order valence-electron chi connectivity index (χ3n) is 4.75. The van der Waals surface area contributed by atoms with Crippen LogP contribution < -0.4 is 10.2 Å². The number of nitro groups is 1. The van der Waals surface area contributed by atoms with Crippen molar-refractivity contribution in [3.63, 3.8) is 0 Å². The number of ether oxygens (including phenoxy) is 1.